The molecule has 118 valence electrons. The highest BCUT2D eigenvalue weighted by Crippen LogP contribution is 2.30. The minimum absolute atomic E-state index is 0.102. The van der Waals surface area contributed by atoms with Gasteiger partial charge in [0.2, 0.25) is 0 Å². The van der Waals surface area contributed by atoms with Crippen molar-refractivity contribution in [2.75, 3.05) is 13.2 Å². The quantitative estimate of drug-likeness (QED) is 0.604. The van der Waals surface area contributed by atoms with Gasteiger partial charge in [0.1, 0.15) is 5.54 Å². The summed E-state index contributed by atoms with van der Waals surface area (Å²) in [5.41, 5.74) is -0.764. The Labute approximate surface area is 123 Å². The van der Waals surface area contributed by atoms with Crippen LogP contribution in [0.15, 0.2) is 0 Å². The first kappa shape index (κ1) is 17.4. The predicted molar refractivity (Wildman–Crippen MR) is 81.0 cm³/mol. The molecule has 1 aliphatic carbocycles. The molecule has 4 nitrogen and oxygen atoms in total. The molecule has 0 aromatic carbocycles. The van der Waals surface area contributed by atoms with Crippen molar-refractivity contribution in [3.8, 4) is 0 Å². The number of aliphatic carboxylic acids is 1. The monoisotopic (exact) mass is 285 g/mol. The van der Waals surface area contributed by atoms with E-state index in [-0.39, 0.29) is 6.10 Å². The van der Waals surface area contributed by atoms with Crippen LogP contribution in [-0.4, -0.2) is 35.9 Å². The number of hydrogen-bond acceptors (Lipinski definition) is 3. The average Bonchev–Trinajstić information content (AvgIpc) is 2.43. The number of unbranched alkanes of at least 4 members (excludes halogenated alkanes) is 4. The SMILES string of the molecule is CCCCCCCOC1CCCC(NCC)(C(=O)O)C1. The van der Waals surface area contributed by atoms with Gasteiger partial charge in [-0.2, -0.15) is 0 Å². The number of ether oxygens (including phenoxy) is 1. The number of carbonyl (C=O) groups is 1. The lowest BCUT2D eigenvalue weighted by Gasteiger charge is -2.38. The molecule has 1 fully saturated rings. The van der Waals surface area contributed by atoms with Gasteiger partial charge in [0, 0.05) is 13.0 Å². The topological polar surface area (TPSA) is 58.6 Å². The maximum atomic E-state index is 11.5. The second kappa shape index (κ2) is 9.35. The summed E-state index contributed by atoms with van der Waals surface area (Å²) in [7, 11) is 0. The van der Waals surface area contributed by atoms with Crippen LogP contribution >= 0.6 is 0 Å². The fourth-order valence-electron chi connectivity index (χ4n) is 3.09. The maximum absolute atomic E-state index is 11.5. The highest BCUT2D eigenvalue weighted by Gasteiger charge is 2.42. The lowest BCUT2D eigenvalue weighted by molar-refractivity contribution is -0.149. The molecule has 2 N–H and O–H groups in total. The molecule has 0 saturated heterocycles. The summed E-state index contributed by atoms with van der Waals surface area (Å²) in [6.07, 6.45) is 9.49. The van der Waals surface area contributed by atoms with E-state index in [1.807, 2.05) is 6.92 Å². The van der Waals surface area contributed by atoms with Gasteiger partial charge < -0.3 is 15.2 Å². The molecule has 20 heavy (non-hydrogen) atoms. The first-order chi connectivity index (χ1) is 9.64. The molecular weight excluding hydrogens is 254 g/mol. The Bertz CT molecular complexity index is 279. The third-order valence-corrected chi connectivity index (χ3v) is 4.23. The zero-order valence-electron chi connectivity index (χ0n) is 13.1. The second-order valence-electron chi connectivity index (χ2n) is 5.92. The minimum atomic E-state index is -0.764. The van der Waals surface area contributed by atoms with E-state index in [0.717, 1.165) is 25.9 Å². The van der Waals surface area contributed by atoms with Gasteiger partial charge >= 0.3 is 5.97 Å². The van der Waals surface area contributed by atoms with Crippen LogP contribution in [0.5, 0.6) is 0 Å². The molecule has 0 aliphatic heterocycles. The second-order valence-corrected chi connectivity index (χ2v) is 5.92. The largest absolute Gasteiger partial charge is 0.480 e. The van der Waals surface area contributed by atoms with Gasteiger partial charge in [0.25, 0.3) is 0 Å². The Morgan fingerprint density at radius 1 is 1.30 bits per heavy atom. The molecule has 1 saturated carbocycles. The number of rotatable bonds is 10. The number of carboxylic acids is 1. The van der Waals surface area contributed by atoms with Gasteiger partial charge in [-0.3, -0.25) is 4.79 Å². The van der Waals surface area contributed by atoms with Crippen molar-refractivity contribution in [1.82, 2.24) is 5.32 Å². The molecule has 0 radical (unpaired) electrons. The van der Waals surface area contributed by atoms with Crippen LogP contribution in [0.25, 0.3) is 0 Å². The minimum Gasteiger partial charge on any atom is -0.480 e. The molecule has 0 bridgehead atoms. The first-order valence-electron chi connectivity index (χ1n) is 8.24. The Morgan fingerprint density at radius 3 is 2.70 bits per heavy atom. The molecule has 0 heterocycles. The Kier molecular flexibility index (Phi) is 8.15. The van der Waals surface area contributed by atoms with E-state index >= 15 is 0 Å². The molecular formula is C16H31NO3. The van der Waals surface area contributed by atoms with Crippen LogP contribution in [0, 0.1) is 0 Å². The summed E-state index contributed by atoms with van der Waals surface area (Å²) in [6, 6.07) is 0. The normalized spacial score (nSPS) is 26.6. The zero-order chi connectivity index (χ0) is 14.8. The van der Waals surface area contributed by atoms with Crippen LogP contribution in [0.4, 0.5) is 0 Å². The van der Waals surface area contributed by atoms with E-state index in [0.29, 0.717) is 19.4 Å². The van der Waals surface area contributed by atoms with Crippen molar-refractivity contribution in [1.29, 1.82) is 0 Å². The van der Waals surface area contributed by atoms with Crippen LogP contribution in [0.1, 0.15) is 71.6 Å². The molecule has 0 aromatic heterocycles. The fourth-order valence-corrected chi connectivity index (χ4v) is 3.09. The molecule has 1 aliphatic rings. The lowest BCUT2D eigenvalue weighted by Crippen LogP contribution is -2.56. The number of carboxylic acid groups (broad SMARTS) is 1. The van der Waals surface area contributed by atoms with E-state index in [2.05, 4.69) is 12.2 Å². The third kappa shape index (κ3) is 5.41. The number of nitrogens with one attached hydrogen (secondary N) is 1. The third-order valence-electron chi connectivity index (χ3n) is 4.23. The summed E-state index contributed by atoms with van der Waals surface area (Å²) < 4.78 is 5.91. The van der Waals surface area contributed by atoms with Crippen molar-refractivity contribution < 1.29 is 14.6 Å². The zero-order valence-corrected chi connectivity index (χ0v) is 13.1. The Balaban J connectivity index is 2.31. The fraction of sp³-hybridized carbons (Fsp3) is 0.938. The Morgan fingerprint density at radius 2 is 2.05 bits per heavy atom. The van der Waals surface area contributed by atoms with Crippen LogP contribution in [0.2, 0.25) is 0 Å². The van der Waals surface area contributed by atoms with E-state index in [4.69, 9.17) is 4.74 Å². The summed E-state index contributed by atoms with van der Waals surface area (Å²) in [4.78, 5) is 11.5. The van der Waals surface area contributed by atoms with Crippen LogP contribution in [-0.2, 0) is 9.53 Å². The van der Waals surface area contributed by atoms with Crippen LogP contribution in [0.3, 0.4) is 0 Å². The number of likely N-dealkylation sites (N-methyl/N-ethyl adjacent to an activating group) is 1. The lowest BCUT2D eigenvalue weighted by atomic mass is 9.80. The van der Waals surface area contributed by atoms with E-state index in [9.17, 15) is 9.90 Å². The number of hydrogen-bond donors (Lipinski definition) is 2. The van der Waals surface area contributed by atoms with Gasteiger partial charge in [0.15, 0.2) is 0 Å². The molecule has 0 aromatic rings. The summed E-state index contributed by atoms with van der Waals surface area (Å²) in [6.45, 7) is 5.64. The van der Waals surface area contributed by atoms with Gasteiger partial charge in [-0.1, -0.05) is 39.5 Å². The summed E-state index contributed by atoms with van der Waals surface area (Å²) >= 11 is 0. The van der Waals surface area contributed by atoms with Crippen molar-refractivity contribution in [2.24, 2.45) is 0 Å². The van der Waals surface area contributed by atoms with Crippen LogP contribution < -0.4 is 5.32 Å². The van der Waals surface area contributed by atoms with Gasteiger partial charge in [-0.15, -0.1) is 0 Å². The average molecular weight is 285 g/mol. The highest BCUT2D eigenvalue weighted by atomic mass is 16.5. The summed E-state index contributed by atoms with van der Waals surface area (Å²) in [5, 5.41) is 12.7. The maximum Gasteiger partial charge on any atom is 0.323 e. The molecule has 0 amide bonds. The summed E-state index contributed by atoms with van der Waals surface area (Å²) in [5.74, 6) is -0.726. The highest BCUT2D eigenvalue weighted by molar-refractivity contribution is 5.79. The molecule has 2 atom stereocenters. The Hall–Kier alpha value is -0.610. The van der Waals surface area contributed by atoms with Gasteiger partial charge in [-0.05, 0) is 32.2 Å². The predicted octanol–water partition coefficient (Wildman–Crippen LogP) is 3.35. The van der Waals surface area contributed by atoms with Crippen molar-refractivity contribution in [3.63, 3.8) is 0 Å². The van der Waals surface area contributed by atoms with Gasteiger partial charge in [-0.25, -0.2) is 0 Å². The van der Waals surface area contributed by atoms with E-state index in [1.54, 1.807) is 0 Å². The van der Waals surface area contributed by atoms with Crippen molar-refractivity contribution >= 4 is 5.97 Å². The van der Waals surface area contributed by atoms with Gasteiger partial charge in [0.05, 0.1) is 6.10 Å². The van der Waals surface area contributed by atoms with E-state index < -0.39 is 11.5 Å². The van der Waals surface area contributed by atoms with Crippen molar-refractivity contribution in [3.05, 3.63) is 0 Å². The standard InChI is InChI=1S/C16H31NO3/c1-3-5-6-7-8-12-20-14-10-9-11-16(13-14,15(18)19)17-4-2/h14,17H,3-13H2,1-2H3,(H,18,19). The van der Waals surface area contributed by atoms with Crippen molar-refractivity contribution in [2.45, 2.75) is 83.3 Å². The molecule has 1 rings (SSSR count). The molecule has 4 heteroatoms. The first-order valence-corrected chi connectivity index (χ1v) is 8.24. The van der Waals surface area contributed by atoms with E-state index in [1.165, 1.54) is 25.7 Å². The molecule has 2 unspecified atom stereocenters. The smallest absolute Gasteiger partial charge is 0.323 e. The molecule has 0 spiro atoms.